The highest BCUT2D eigenvalue weighted by Gasteiger charge is 2.34. The van der Waals surface area contributed by atoms with Crippen LogP contribution in [0.5, 0.6) is 5.75 Å². The van der Waals surface area contributed by atoms with Crippen molar-refractivity contribution in [2.45, 2.75) is 32.4 Å². The summed E-state index contributed by atoms with van der Waals surface area (Å²) in [5.74, 6) is -1.07. The van der Waals surface area contributed by atoms with Crippen LogP contribution in [-0.4, -0.2) is 5.97 Å². The molecule has 0 bridgehead atoms. The van der Waals surface area contributed by atoms with Gasteiger partial charge < -0.3 is 4.74 Å². The Labute approximate surface area is 97.4 Å². The monoisotopic (exact) mass is 246 g/mol. The highest BCUT2D eigenvalue weighted by Crippen LogP contribution is 2.35. The summed E-state index contributed by atoms with van der Waals surface area (Å²) >= 11 is 0. The van der Waals surface area contributed by atoms with Gasteiger partial charge in [0.2, 0.25) is 0 Å². The third-order valence-corrected chi connectivity index (χ3v) is 2.15. The predicted molar refractivity (Wildman–Crippen MR) is 56.6 cm³/mol. The van der Waals surface area contributed by atoms with E-state index in [0.717, 1.165) is 18.6 Å². The lowest BCUT2D eigenvalue weighted by atomic mass is 10.2. The van der Waals surface area contributed by atoms with Crippen LogP contribution in [0.3, 0.4) is 0 Å². The molecule has 0 radical (unpaired) electrons. The second kappa shape index (κ2) is 5.70. The molecule has 0 aliphatic carbocycles. The average Bonchev–Trinajstić information content (AvgIpc) is 2.25. The zero-order chi connectivity index (χ0) is 12.9. The second-order valence-electron chi connectivity index (χ2n) is 3.57. The lowest BCUT2D eigenvalue weighted by Crippen LogP contribution is -2.13. The summed E-state index contributed by atoms with van der Waals surface area (Å²) in [7, 11) is 0. The van der Waals surface area contributed by atoms with Gasteiger partial charge in [0.1, 0.15) is 5.75 Å². The van der Waals surface area contributed by atoms with Crippen LogP contribution in [0.2, 0.25) is 0 Å². The molecule has 0 atom stereocenters. The van der Waals surface area contributed by atoms with Crippen molar-refractivity contribution in [1.29, 1.82) is 0 Å². The Balaban J connectivity index is 2.81. The molecule has 2 nitrogen and oxygen atoms in total. The Kier molecular flexibility index (Phi) is 4.54. The number of para-hydroxylation sites is 1. The number of benzene rings is 1. The number of alkyl halides is 3. The Morgan fingerprint density at radius 1 is 1.29 bits per heavy atom. The summed E-state index contributed by atoms with van der Waals surface area (Å²) in [6, 6.07) is 4.69. The summed E-state index contributed by atoms with van der Waals surface area (Å²) in [6.07, 6.45) is -2.99. The molecule has 1 aromatic carbocycles. The second-order valence-corrected chi connectivity index (χ2v) is 3.57. The molecule has 0 heterocycles. The van der Waals surface area contributed by atoms with Crippen molar-refractivity contribution in [3.05, 3.63) is 29.8 Å². The standard InChI is InChI=1S/C12H13F3O2/c1-2-3-8-11(16)17-10-7-5-4-6-9(10)12(13,14)15/h4-7H,2-3,8H2,1H3. The van der Waals surface area contributed by atoms with E-state index in [1.165, 1.54) is 12.1 Å². The van der Waals surface area contributed by atoms with Crippen LogP contribution >= 0.6 is 0 Å². The van der Waals surface area contributed by atoms with Crippen LogP contribution in [-0.2, 0) is 11.0 Å². The maximum atomic E-state index is 12.6. The van der Waals surface area contributed by atoms with E-state index in [4.69, 9.17) is 4.74 Å². The van der Waals surface area contributed by atoms with Crippen LogP contribution in [0, 0.1) is 0 Å². The van der Waals surface area contributed by atoms with E-state index < -0.39 is 23.5 Å². The first-order chi connectivity index (χ1) is 7.95. The van der Waals surface area contributed by atoms with Crippen LogP contribution < -0.4 is 4.74 Å². The van der Waals surface area contributed by atoms with E-state index >= 15 is 0 Å². The Morgan fingerprint density at radius 3 is 2.53 bits per heavy atom. The summed E-state index contributed by atoms with van der Waals surface area (Å²) < 4.78 is 42.4. The molecule has 94 valence electrons. The normalized spacial score (nSPS) is 11.3. The minimum absolute atomic E-state index is 0.128. The van der Waals surface area contributed by atoms with Gasteiger partial charge in [0.25, 0.3) is 0 Å². The molecule has 1 rings (SSSR count). The topological polar surface area (TPSA) is 26.3 Å². The zero-order valence-electron chi connectivity index (χ0n) is 9.38. The van der Waals surface area contributed by atoms with Crippen molar-refractivity contribution in [3.8, 4) is 5.75 Å². The Bertz CT molecular complexity index is 386. The molecule has 0 aliphatic rings. The molecule has 0 fully saturated rings. The lowest BCUT2D eigenvalue weighted by Gasteiger charge is -2.12. The minimum atomic E-state index is -4.51. The van der Waals surface area contributed by atoms with Crippen molar-refractivity contribution in [1.82, 2.24) is 0 Å². The molecule has 0 aliphatic heterocycles. The van der Waals surface area contributed by atoms with Gasteiger partial charge in [0.15, 0.2) is 0 Å². The van der Waals surface area contributed by atoms with E-state index in [-0.39, 0.29) is 6.42 Å². The molecule has 5 heteroatoms. The molecule has 1 aromatic rings. The molecule has 0 spiro atoms. The molecular formula is C12H13F3O2. The molecule has 0 aromatic heterocycles. The van der Waals surface area contributed by atoms with Crippen molar-refractivity contribution in [2.75, 3.05) is 0 Å². The van der Waals surface area contributed by atoms with Gasteiger partial charge in [0.05, 0.1) is 5.56 Å². The Hall–Kier alpha value is -1.52. The lowest BCUT2D eigenvalue weighted by molar-refractivity contribution is -0.142. The first kappa shape index (κ1) is 13.5. The van der Waals surface area contributed by atoms with Gasteiger partial charge in [-0.15, -0.1) is 0 Å². The summed E-state index contributed by atoms with van der Waals surface area (Å²) in [5, 5.41) is 0. The molecule has 0 amide bonds. The number of unbranched alkanes of at least 4 members (excludes halogenated alkanes) is 1. The number of carbonyl (C=O) groups excluding carboxylic acids is 1. The first-order valence-corrected chi connectivity index (χ1v) is 5.32. The van der Waals surface area contributed by atoms with Gasteiger partial charge in [0, 0.05) is 6.42 Å². The predicted octanol–water partition coefficient (Wildman–Crippen LogP) is 3.80. The van der Waals surface area contributed by atoms with E-state index in [0.29, 0.717) is 6.42 Å². The maximum Gasteiger partial charge on any atom is 0.419 e. The van der Waals surface area contributed by atoms with Gasteiger partial charge >= 0.3 is 12.1 Å². The van der Waals surface area contributed by atoms with E-state index in [9.17, 15) is 18.0 Å². The first-order valence-electron chi connectivity index (χ1n) is 5.32. The molecule has 17 heavy (non-hydrogen) atoms. The van der Waals surface area contributed by atoms with Crippen LogP contribution in [0.25, 0.3) is 0 Å². The van der Waals surface area contributed by atoms with Gasteiger partial charge in [-0.25, -0.2) is 0 Å². The third kappa shape index (κ3) is 4.09. The van der Waals surface area contributed by atoms with Crippen LogP contribution in [0.1, 0.15) is 31.7 Å². The summed E-state index contributed by atoms with van der Waals surface area (Å²) in [4.78, 5) is 11.3. The fraction of sp³-hybridized carbons (Fsp3) is 0.417. The van der Waals surface area contributed by atoms with Crippen molar-refractivity contribution in [3.63, 3.8) is 0 Å². The number of halogens is 3. The number of rotatable bonds is 4. The quantitative estimate of drug-likeness (QED) is 0.596. The van der Waals surface area contributed by atoms with Gasteiger partial charge in [-0.2, -0.15) is 13.2 Å². The smallest absolute Gasteiger partial charge is 0.419 e. The molecular weight excluding hydrogens is 233 g/mol. The Morgan fingerprint density at radius 2 is 1.94 bits per heavy atom. The van der Waals surface area contributed by atoms with Gasteiger partial charge in [-0.3, -0.25) is 4.79 Å². The van der Waals surface area contributed by atoms with Crippen molar-refractivity contribution >= 4 is 5.97 Å². The summed E-state index contributed by atoms with van der Waals surface area (Å²) in [5.41, 5.74) is -0.926. The largest absolute Gasteiger partial charge is 0.426 e. The third-order valence-electron chi connectivity index (χ3n) is 2.15. The van der Waals surface area contributed by atoms with Crippen molar-refractivity contribution in [2.24, 2.45) is 0 Å². The zero-order valence-corrected chi connectivity index (χ0v) is 9.38. The minimum Gasteiger partial charge on any atom is -0.426 e. The molecule has 0 saturated heterocycles. The van der Waals surface area contributed by atoms with E-state index in [1.807, 2.05) is 6.92 Å². The molecule has 0 saturated carbocycles. The number of hydrogen-bond donors (Lipinski definition) is 0. The molecule has 0 N–H and O–H groups in total. The van der Waals surface area contributed by atoms with Crippen molar-refractivity contribution < 1.29 is 22.7 Å². The van der Waals surface area contributed by atoms with Gasteiger partial charge in [-0.1, -0.05) is 25.5 Å². The number of esters is 1. The van der Waals surface area contributed by atoms with Crippen LogP contribution in [0.4, 0.5) is 13.2 Å². The van der Waals surface area contributed by atoms with Crippen LogP contribution in [0.15, 0.2) is 24.3 Å². The molecule has 0 unspecified atom stereocenters. The van der Waals surface area contributed by atoms with E-state index in [1.54, 1.807) is 0 Å². The average molecular weight is 246 g/mol. The highest BCUT2D eigenvalue weighted by molar-refractivity contribution is 5.72. The fourth-order valence-corrected chi connectivity index (χ4v) is 1.28. The maximum absolute atomic E-state index is 12.6. The highest BCUT2D eigenvalue weighted by atomic mass is 19.4. The summed E-state index contributed by atoms with van der Waals surface area (Å²) in [6.45, 7) is 1.89. The SMILES string of the molecule is CCCCC(=O)Oc1ccccc1C(F)(F)F. The van der Waals surface area contributed by atoms with E-state index in [2.05, 4.69) is 0 Å². The fourth-order valence-electron chi connectivity index (χ4n) is 1.28. The van der Waals surface area contributed by atoms with Gasteiger partial charge in [-0.05, 0) is 18.6 Å². The number of carbonyl (C=O) groups is 1. The number of hydrogen-bond acceptors (Lipinski definition) is 2. The number of ether oxygens (including phenoxy) is 1.